The van der Waals surface area contributed by atoms with E-state index in [1.165, 1.54) is 0 Å². The summed E-state index contributed by atoms with van der Waals surface area (Å²) in [6.45, 7) is 8.70. The van der Waals surface area contributed by atoms with Crippen LogP contribution in [0.1, 0.15) is 51.0 Å². The van der Waals surface area contributed by atoms with Gasteiger partial charge in [-0.1, -0.05) is 60.7 Å². The van der Waals surface area contributed by atoms with E-state index in [0.717, 1.165) is 11.1 Å². The molecule has 0 aromatic heterocycles. The lowest BCUT2D eigenvalue weighted by Gasteiger charge is -2.45. The van der Waals surface area contributed by atoms with Crippen LogP contribution in [0.2, 0.25) is 0 Å². The van der Waals surface area contributed by atoms with E-state index in [1.54, 1.807) is 0 Å². The predicted molar refractivity (Wildman–Crippen MR) is 120 cm³/mol. The summed E-state index contributed by atoms with van der Waals surface area (Å²) in [5.41, 5.74) is 0.351. The molecule has 32 heavy (non-hydrogen) atoms. The van der Waals surface area contributed by atoms with E-state index in [1.807, 2.05) is 98.2 Å². The SMILES string of the molecule is C[C@H]1CN(C(=O)[C@]2(C)O[C@H]2c2ccccc2)[C@@H](C)CN1C(=O)[C@]1(C)O[C@H]1c1ccccc1. The van der Waals surface area contributed by atoms with Crippen molar-refractivity contribution >= 4 is 11.8 Å². The van der Waals surface area contributed by atoms with Gasteiger partial charge in [-0.2, -0.15) is 0 Å². The van der Waals surface area contributed by atoms with Crippen LogP contribution in [0.4, 0.5) is 0 Å². The van der Waals surface area contributed by atoms with Crippen LogP contribution in [-0.4, -0.2) is 58.0 Å². The van der Waals surface area contributed by atoms with Crippen molar-refractivity contribution in [1.82, 2.24) is 9.80 Å². The van der Waals surface area contributed by atoms with E-state index < -0.39 is 11.2 Å². The molecule has 2 aromatic carbocycles. The number of ether oxygens (including phenoxy) is 2. The Balaban J connectivity index is 1.26. The molecule has 6 atom stereocenters. The molecule has 0 bridgehead atoms. The van der Waals surface area contributed by atoms with Gasteiger partial charge in [-0.05, 0) is 38.8 Å². The van der Waals surface area contributed by atoms with Gasteiger partial charge in [0.2, 0.25) is 0 Å². The lowest BCUT2D eigenvalue weighted by molar-refractivity contribution is -0.151. The summed E-state index contributed by atoms with van der Waals surface area (Å²) in [4.78, 5) is 30.6. The normalized spacial score (nSPS) is 36.0. The fourth-order valence-electron chi connectivity index (χ4n) is 5.04. The van der Waals surface area contributed by atoms with Crippen LogP contribution in [-0.2, 0) is 19.1 Å². The lowest BCUT2D eigenvalue weighted by Crippen LogP contribution is -2.62. The van der Waals surface area contributed by atoms with E-state index in [-0.39, 0.29) is 36.1 Å². The molecule has 6 nitrogen and oxygen atoms in total. The third-order valence-corrected chi connectivity index (χ3v) is 7.17. The van der Waals surface area contributed by atoms with Gasteiger partial charge in [0.15, 0.2) is 11.2 Å². The number of hydrogen-bond acceptors (Lipinski definition) is 4. The first-order valence-electron chi connectivity index (χ1n) is 11.3. The van der Waals surface area contributed by atoms with Crippen molar-refractivity contribution in [3.63, 3.8) is 0 Å². The summed E-state index contributed by atoms with van der Waals surface area (Å²) in [5, 5.41) is 0. The number of rotatable bonds is 4. The number of carbonyl (C=O) groups excluding carboxylic acids is 2. The zero-order chi connectivity index (χ0) is 22.7. The molecule has 0 unspecified atom stereocenters. The van der Waals surface area contributed by atoms with Gasteiger partial charge in [-0.3, -0.25) is 9.59 Å². The highest BCUT2D eigenvalue weighted by Crippen LogP contribution is 2.52. The third kappa shape index (κ3) is 3.33. The fourth-order valence-corrected chi connectivity index (χ4v) is 5.04. The maximum Gasteiger partial charge on any atom is 0.258 e. The number of benzene rings is 2. The van der Waals surface area contributed by atoms with Gasteiger partial charge in [-0.15, -0.1) is 0 Å². The Bertz CT molecular complexity index is 945. The molecule has 168 valence electrons. The van der Waals surface area contributed by atoms with E-state index in [0.29, 0.717) is 13.1 Å². The standard InChI is InChI=1S/C26H30N2O4/c1-17-15-28(24(30)26(4)22(32-26)20-13-9-6-10-14-20)18(2)16-27(17)23(29)25(3)21(31-25)19-11-7-5-8-12-19/h5-14,17-18,21-22H,15-16H2,1-4H3/t17-,18-,21-,22-,25+,26+/m0/s1. The van der Waals surface area contributed by atoms with E-state index in [4.69, 9.17) is 9.47 Å². The zero-order valence-electron chi connectivity index (χ0n) is 19.0. The number of carbonyl (C=O) groups is 2. The summed E-state index contributed by atoms with van der Waals surface area (Å²) in [5.74, 6) is -0.0114. The Labute approximate surface area is 189 Å². The molecule has 0 saturated carbocycles. The maximum absolute atomic E-state index is 13.4. The van der Waals surface area contributed by atoms with Gasteiger partial charge in [0.1, 0.15) is 12.2 Å². The van der Waals surface area contributed by atoms with Crippen LogP contribution in [0.3, 0.4) is 0 Å². The van der Waals surface area contributed by atoms with Crippen molar-refractivity contribution in [3.8, 4) is 0 Å². The van der Waals surface area contributed by atoms with E-state index in [9.17, 15) is 9.59 Å². The molecule has 2 amide bonds. The molecule has 0 radical (unpaired) electrons. The molecule has 3 aliphatic heterocycles. The van der Waals surface area contributed by atoms with Crippen LogP contribution in [0.5, 0.6) is 0 Å². The second kappa shape index (κ2) is 7.42. The minimum absolute atomic E-state index is 0.00570. The Hall–Kier alpha value is -2.70. The molecule has 0 aliphatic carbocycles. The summed E-state index contributed by atoms with van der Waals surface area (Å²) in [6.07, 6.45) is -0.437. The van der Waals surface area contributed by atoms with Crippen molar-refractivity contribution < 1.29 is 19.1 Å². The molecular weight excluding hydrogens is 404 g/mol. The van der Waals surface area contributed by atoms with Crippen LogP contribution < -0.4 is 0 Å². The number of epoxide rings is 2. The van der Waals surface area contributed by atoms with Crippen LogP contribution in [0.15, 0.2) is 60.7 Å². The Kier molecular flexibility index (Phi) is 4.91. The van der Waals surface area contributed by atoms with Gasteiger partial charge in [-0.25, -0.2) is 0 Å². The first-order valence-corrected chi connectivity index (χ1v) is 11.3. The quantitative estimate of drug-likeness (QED) is 0.691. The van der Waals surface area contributed by atoms with Crippen LogP contribution >= 0.6 is 0 Å². The number of hydrogen-bond donors (Lipinski definition) is 0. The summed E-state index contributed by atoms with van der Waals surface area (Å²) < 4.78 is 11.8. The van der Waals surface area contributed by atoms with E-state index in [2.05, 4.69) is 0 Å². The van der Waals surface area contributed by atoms with Crippen molar-refractivity contribution in [2.75, 3.05) is 13.1 Å². The summed E-state index contributed by atoms with van der Waals surface area (Å²) in [7, 11) is 0. The molecule has 6 heteroatoms. The first-order chi connectivity index (χ1) is 15.3. The minimum atomic E-state index is -0.842. The molecule has 3 heterocycles. The highest BCUT2D eigenvalue weighted by molar-refractivity contribution is 5.91. The highest BCUT2D eigenvalue weighted by Gasteiger charge is 2.63. The Morgan fingerprint density at radius 1 is 0.719 bits per heavy atom. The first kappa shape index (κ1) is 21.2. The smallest absolute Gasteiger partial charge is 0.258 e. The minimum Gasteiger partial charge on any atom is -0.351 e. The molecule has 5 rings (SSSR count). The van der Waals surface area contributed by atoms with Crippen molar-refractivity contribution in [3.05, 3.63) is 71.8 Å². The Morgan fingerprint density at radius 3 is 1.41 bits per heavy atom. The average Bonchev–Trinajstić information content (AvgIpc) is 3.70. The van der Waals surface area contributed by atoms with Gasteiger partial charge in [0, 0.05) is 25.2 Å². The maximum atomic E-state index is 13.4. The Morgan fingerprint density at radius 2 is 1.06 bits per heavy atom. The van der Waals surface area contributed by atoms with E-state index >= 15 is 0 Å². The molecule has 0 spiro atoms. The molecule has 2 aromatic rings. The van der Waals surface area contributed by atoms with Crippen molar-refractivity contribution in [2.24, 2.45) is 0 Å². The number of nitrogens with zero attached hydrogens (tertiary/aromatic N) is 2. The lowest BCUT2D eigenvalue weighted by atomic mass is 9.95. The average molecular weight is 435 g/mol. The van der Waals surface area contributed by atoms with Gasteiger partial charge < -0.3 is 19.3 Å². The van der Waals surface area contributed by atoms with Gasteiger partial charge >= 0.3 is 0 Å². The summed E-state index contributed by atoms with van der Waals surface area (Å²) >= 11 is 0. The molecule has 3 fully saturated rings. The summed E-state index contributed by atoms with van der Waals surface area (Å²) in [6, 6.07) is 19.5. The van der Waals surface area contributed by atoms with Gasteiger partial charge in [0.05, 0.1) is 0 Å². The molecule has 0 N–H and O–H groups in total. The topological polar surface area (TPSA) is 65.7 Å². The van der Waals surface area contributed by atoms with Crippen molar-refractivity contribution in [1.29, 1.82) is 0 Å². The van der Waals surface area contributed by atoms with Crippen LogP contribution in [0, 0.1) is 0 Å². The molecule has 3 saturated heterocycles. The second-order valence-corrected chi connectivity index (χ2v) is 9.64. The van der Waals surface area contributed by atoms with Gasteiger partial charge in [0.25, 0.3) is 11.8 Å². The largest absolute Gasteiger partial charge is 0.351 e. The predicted octanol–water partition coefficient (Wildman–Crippen LogP) is 3.49. The second-order valence-electron chi connectivity index (χ2n) is 9.64. The highest BCUT2D eigenvalue weighted by atomic mass is 16.6. The van der Waals surface area contributed by atoms with Crippen LogP contribution in [0.25, 0.3) is 0 Å². The molecular formula is C26H30N2O4. The zero-order valence-corrected chi connectivity index (χ0v) is 19.0. The number of piperazine rings is 1. The number of amides is 2. The molecule has 3 aliphatic rings. The third-order valence-electron chi connectivity index (χ3n) is 7.17. The monoisotopic (exact) mass is 434 g/mol. The van der Waals surface area contributed by atoms with Crippen molar-refractivity contribution in [2.45, 2.75) is 63.2 Å². The fraction of sp³-hybridized carbons (Fsp3) is 0.462.